The Kier molecular flexibility index (Phi) is 5.66. The van der Waals surface area contributed by atoms with Crippen molar-refractivity contribution < 1.29 is 27.1 Å². The first-order valence-corrected chi connectivity index (χ1v) is 7.18. The molecule has 1 atom stereocenters. The SMILES string of the molecule is C[C@@H](NC(=O)COc1c(F)c(F)cc(F)c1F)c1cccc(Cl)c1. The van der Waals surface area contributed by atoms with E-state index in [1.54, 1.807) is 31.2 Å². The van der Waals surface area contributed by atoms with Crippen molar-refractivity contribution in [2.24, 2.45) is 0 Å². The lowest BCUT2D eigenvalue weighted by molar-refractivity contribution is -0.123. The second-order valence-corrected chi connectivity index (χ2v) is 5.37. The molecule has 0 heterocycles. The predicted octanol–water partition coefficient (Wildman–Crippen LogP) is 4.15. The van der Waals surface area contributed by atoms with Crippen LogP contribution in [0, 0.1) is 23.3 Å². The summed E-state index contributed by atoms with van der Waals surface area (Å²) in [5, 5.41) is 2.98. The first kappa shape index (κ1) is 18.1. The summed E-state index contributed by atoms with van der Waals surface area (Å²) in [6, 6.07) is 6.30. The van der Waals surface area contributed by atoms with E-state index in [9.17, 15) is 22.4 Å². The summed E-state index contributed by atoms with van der Waals surface area (Å²) >= 11 is 5.84. The van der Waals surface area contributed by atoms with Crippen molar-refractivity contribution >= 4 is 17.5 Å². The van der Waals surface area contributed by atoms with Crippen LogP contribution in [0.4, 0.5) is 17.6 Å². The Morgan fingerprint density at radius 3 is 2.38 bits per heavy atom. The fourth-order valence-electron chi connectivity index (χ4n) is 1.96. The number of carbonyl (C=O) groups excluding carboxylic acids is 1. The molecule has 2 rings (SSSR count). The van der Waals surface area contributed by atoms with Crippen LogP contribution in [0.15, 0.2) is 30.3 Å². The highest BCUT2D eigenvalue weighted by atomic mass is 35.5. The molecule has 2 aromatic carbocycles. The minimum Gasteiger partial charge on any atom is -0.477 e. The third-order valence-electron chi connectivity index (χ3n) is 3.15. The average molecular weight is 362 g/mol. The number of benzene rings is 2. The number of nitrogens with one attached hydrogen (secondary N) is 1. The minimum absolute atomic E-state index is 0.0544. The summed E-state index contributed by atoms with van der Waals surface area (Å²) in [6.07, 6.45) is 0. The summed E-state index contributed by atoms with van der Waals surface area (Å²) in [5.74, 6) is -8.65. The number of amides is 1. The molecule has 3 nitrogen and oxygen atoms in total. The van der Waals surface area contributed by atoms with Gasteiger partial charge in [0.2, 0.25) is 11.6 Å². The van der Waals surface area contributed by atoms with E-state index in [2.05, 4.69) is 10.1 Å². The molecule has 128 valence electrons. The van der Waals surface area contributed by atoms with Gasteiger partial charge in [0.05, 0.1) is 6.04 Å². The first-order chi connectivity index (χ1) is 11.3. The largest absolute Gasteiger partial charge is 0.477 e. The lowest BCUT2D eigenvalue weighted by Crippen LogP contribution is -2.31. The normalized spacial score (nSPS) is 11.9. The molecular weight excluding hydrogens is 350 g/mol. The highest BCUT2D eigenvalue weighted by Gasteiger charge is 2.21. The maximum absolute atomic E-state index is 13.4. The van der Waals surface area contributed by atoms with E-state index in [1.807, 2.05) is 0 Å². The lowest BCUT2D eigenvalue weighted by atomic mass is 10.1. The van der Waals surface area contributed by atoms with Gasteiger partial charge in [0.1, 0.15) is 0 Å². The van der Waals surface area contributed by atoms with E-state index in [0.717, 1.165) is 0 Å². The van der Waals surface area contributed by atoms with Gasteiger partial charge in [-0.2, -0.15) is 8.78 Å². The maximum Gasteiger partial charge on any atom is 0.258 e. The second-order valence-electron chi connectivity index (χ2n) is 4.93. The molecule has 0 aromatic heterocycles. The van der Waals surface area contributed by atoms with Gasteiger partial charge in [0.25, 0.3) is 5.91 Å². The van der Waals surface area contributed by atoms with Gasteiger partial charge in [-0.25, -0.2) is 8.78 Å². The van der Waals surface area contributed by atoms with Gasteiger partial charge in [-0.3, -0.25) is 4.79 Å². The van der Waals surface area contributed by atoms with Crippen LogP contribution in [0.25, 0.3) is 0 Å². The van der Waals surface area contributed by atoms with Crippen LogP contribution in [-0.2, 0) is 4.79 Å². The van der Waals surface area contributed by atoms with Crippen LogP contribution in [0.1, 0.15) is 18.5 Å². The highest BCUT2D eigenvalue weighted by Crippen LogP contribution is 2.26. The second kappa shape index (κ2) is 7.53. The molecule has 0 radical (unpaired) electrons. The Hall–Kier alpha value is -2.28. The number of hydrogen-bond acceptors (Lipinski definition) is 2. The molecule has 0 aliphatic rings. The van der Waals surface area contributed by atoms with Gasteiger partial charge in [-0.1, -0.05) is 23.7 Å². The molecule has 0 saturated carbocycles. The molecule has 0 spiro atoms. The molecule has 2 aromatic rings. The van der Waals surface area contributed by atoms with Crippen molar-refractivity contribution in [2.75, 3.05) is 6.61 Å². The van der Waals surface area contributed by atoms with Crippen LogP contribution in [0.5, 0.6) is 5.75 Å². The van der Waals surface area contributed by atoms with Gasteiger partial charge in [0.15, 0.2) is 24.0 Å². The standard InChI is InChI=1S/C16H12ClF4NO2/c1-8(9-3-2-4-10(17)5-9)22-13(23)7-24-16-14(20)11(18)6-12(19)15(16)21/h2-6,8H,7H2,1H3,(H,22,23)/t8-/m1/s1. The van der Waals surface area contributed by atoms with Crippen LogP contribution < -0.4 is 10.1 Å². The molecule has 24 heavy (non-hydrogen) atoms. The average Bonchev–Trinajstić information content (AvgIpc) is 2.53. The summed E-state index contributed by atoms with van der Waals surface area (Å²) < 4.78 is 57.5. The first-order valence-electron chi connectivity index (χ1n) is 6.80. The summed E-state index contributed by atoms with van der Waals surface area (Å²) in [6.45, 7) is 0.841. The fraction of sp³-hybridized carbons (Fsp3) is 0.188. The van der Waals surface area contributed by atoms with Crippen LogP contribution in [-0.4, -0.2) is 12.5 Å². The van der Waals surface area contributed by atoms with E-state index in [4.69, 9.17) is 11.6 Å². The van der Waals surface area contributed by atoms with Crippen molar-refractivity contribution in [3.8, 4) is 5.75 Å². The molecule has 0 aliphatic carbocycles. The van der Waals surface area contributed by atoms with Crippen LogP contribution >= 0.6 is 11.6 Å². The molecular formula is C16H12ClF4NO2. The summed E-state index contributed by atoms with van der Waals surface area (Å²) in [7, 11) is 0. The van der Waals surface area contributed by atoms with Gasteiger partial charge in [-0.15, -0.1) is 0 Å². The fourth-order valence-corrected chi connectivity index (χ4v) is 2.16. The van der Waals surface area contributed by atoms with Crippen molar-refractivity contribution in [3.05, 3.63) is 64.2 Å². The van der Waals surface area contributed by atoms with E-state index in [-0.39, 0.29) is 6.07 Å². The zero-order chi connectivity index (χ0) is 17.9. The Labute approximate surface area is 140 Å². The van der Waals surface area contributed by atoms with Crippen molar-refractivity contribution in [2.45, 2.75) is 13.0 Å². The molecule has 0 bridgehead atoms. The maximum atomic E-state index is 13.4. The van der Waals surface area contributed by atoms with E-state index >= 15 is 0 Å². The monoisotopic (exact) mass is 361 g/mol. The number of ether oxygens (including phenoxy) is 1. The summed E-state index contributed by atoms with van der Waals surface area (Å²) in [5.41, 5.74) is 0.699. The minimum atomic E-state index is -1.70. The van der Waals surface area contributed by atoms with Gasteiger partial charge in [0, 0.05) is 11.1 Å². The molecule has 1 amide bonds. The molecule has 1 N–H and O–H groups in total. The Morgan fingerprint density at radius 1 is 1.17 bits per heavy atom. The molecule has 0 unspecified atom stereocenters. The smallest absolute Gasteiger partial charge is 0.258 e. The van der Waals surface area contributed by atoms with Crippen molar-refractivity contribution in [1.82, 2.24) is 5.32 Å². The van der Waals surface area contributed by atoms with Crippen LogP contribution in [0.2, 0.25) is 5.02 Å². The third kappa shape index (κ3) is 4.17. The number of hydrogen-bond donors (Lipinski definition) is 1. The van der Waals surface area contributed by atoms with Gasteiger partial charge < -0.3 is 10.1 Å². The predicted molar refractivity (Wildman–Crippen MR) is 79.8 cm³/mol. The van der Waals surface area contributed by atoms with Crippen molar-refractivity contribution in [3.63, 3.8) is 0 Å². The Balaban J connectivity index is 2.01. The van der Waals surface area contributed by atoms with E-state index in [1.165, 1.54) is 0 Å². The number of rotatable bonds is 5. The Bertz CT molecular complexity index is 744. The zero-order valence-electron chi connectivity index (χ0n) is 12.4. The topological polar surface area (TPSA) is 38.3 Å². The van der Waals surface area contributed by atoms with Gasteiger partial charge >= 0.3 is 0 Å². The van der Waals surface area contributed by atoms with Crippen LogP contribution in [0.3, 0.4) is 0 Å². The number of halogens is 5. The van der Waals surface area contributed by atoms with E-state index < -0.39 is 47.6 Å². The molecule has 8 heteroatoms. The molecule has 0 fully saturated rings. The lowest BCUT2D eigenvalue weighted by Gasteiger charge is -2.15. The van der Waals surface area contributed by atoms with Gasteiger partial charge in [-0.05, 0) is 24.6 Å². The summed E-state index contributed by atoms with van der Waals surface area (Å²) in [4.78, 5) is 11.8. The highest BCUT2D eigenvalue weighted by molar-refractivity contribution is 6.30. The van der Waals surface area contributed by atoms with Crippen molar-refractivity contribution in [1.29, 1.82) is 0 Å². The quantitative estimate of drug-likeness (QED) is 0.641. The number of carbonyl (C=O) groups is 1. The van der Waals surface area contributed by atoms with E-state index in [0.29, 0.717) is 10.6 Å². The molecule has 0 saturated heterocycles. The molecule has 0 aliphatic heterocycles. The third-order valence-corrected chi connectivity index (χ3v) is 3.38. The zero-order valence-corrected chi connectivity index (χ0v) is 13.1. The Morgan fingerprint density at radius 2 is 1.79 bits per heavy atom.